The van der Waals surface area contributed by atoms with Crippen molar-refractivity contribution in [2.24, 2.45) is 16.8 Å². The Labute approximate surface area is 179 Å². The Morgan fingerprint density at radius 1 is 1.10 bits per heavy atom. The molecule has 1 aromatic rings. The number of methoxy groups -OCH3 is 1. The van der Waals surface area contributed by atoms with Crippen molar-refractivity contribution in [1.29, 1.82) is 0 Å². The van der Waals surface area contributed by atoms with Crippen LogP contribution in [-0.4, -0.2) is 50.0 Å². The maximum Gasteiger partial charge on any atom is 0.308 e. The predicted octanol–water partition coefficient (Wildman–Crippen LogP) is 3.17. The highest BCUT2D eigenvalue weighted by Crippen LogP contribution is 2.25. The van der Waals surface area contributed by atoms with Crippen molar-refractivity contribution < 1.29 is 14.3 Å². The number of nitrogens with zero attached hydrogens (tertiary/aromatic N) is 2. The van der Waals surface area contributed by atoms with Crippen molar-refractivity contribution in [1.82, 2.24) is 10.2 Å². The first-order valence-corrected chi connectivity index (χ1v) is 11.0. The monoisotopic (exact) mass is 414 g/mol. The van der Waals surface area contributed by atoms with E-state index in [0.717, 1.165) is 68.8 Å². The van der Waals surface area contributed by atoms with Gasteiger partial charge in [-0.3, -0.25) is 14.6 Å². The standard InChI is InChI=1S/C23H34N4O3/c1-24-23(27-13-11-19(12-14-27)22(29)30-2)25-16-17-7-6-10-20(15-17)26-21(28)18-8-4-3-5-9-18/h6-7,10,15,18-19H,3-5,8-9,11-14,16H2,1-2H3,(H,24,25)(H,26,28). The number of anilines is 1. The number of ether oxygens (including phenoxy) is 1. The molecule has 2 fully saturated rings. The van der Waals surface area contributed by atoms with Gasteiger partial charge in [-0.15, -0.1) is 0 Å². The van der Waals surface area contributed by atoms with E-state index < -0.39 is 0 Å². The normalized spacial score (nSPS) is 18.7. The Morgan fingerprint density at radius 2 is 1.83 bits per heavy atom. The molecule has 3 rings (SSSR count). The van der Waals surface area contributed by atoms with Gasteiger partial charge in [0.05, 0.1) is 13.0 Å². The van der Waals surface area contributed by atoms with E-state index in [9.17, 15) is 9.59 Å². The number of carbonyl (C=O) groups is 2. The molecule has 1 aromatic carbocycles. The smallest absolute Gasteiger partial charge is 0.308 e. The number of hydrogen-bond acceptors (Lipinski definition) is 4. The Balaban J connectivity index is 1.50. The number of carbonyl (C=O) groups excluding carboxylic acids is 2. The number of benzene rings is 1. The quantitative estimate of drug-likeness (QED) is 0.439. The van der Waals surface area contributed by atoms with Gasteiger partial charge in [0.1, 0.15) is 0 Å². The van der Waals surface area contributed by atoms with E-state index in [1.54, 1.807) is 7.05 Å². The van der Waals surface area contributed by atoms with Gasteiger partial charge in [-0.2, -0.15) is 0 Å². The van der Waals surface area contributed by atoms with Crippen LogP contribution in [0.4, 0.5) is 5.69 Å². The van der Waals surface area contributed by atoms with Crippen LogP contribution in [0.2, 0.25) is 0 Å². The molecular weight excluding hydrogens is 380 g/mol. The molecule has 0 unspecified atom stereocenters. The fourth-order valence-corrected chi connectivity index (χ4v) is 4.38. The highest BCUT2D eigenvalue weighted by molar-refractivity contribution is 5.92. The number of aliphatic imine (C=N–C) groups is 1. The first-order valence-electron chi connectivity index (χ1n) is 11.0. The zero-order chi connectivity index (χ0) is 21.3. The van der Waals surface area contributed by atoms with E-state index in [-0.39, 0.29) is 23.7 Å². The highest BCUT2D eigenvalue weighted by Gasteiger charge is 2.27. The molecule has 0 spiro atoms. The lowest BCUT2D eigenvalue weighted by molar-refractivity contribution is -0.146. The van der Waals surface area contributed by atoms with E-state index in [2.05, 4.69) is 20.5 Å². The van der Waals surface area contributed by atoms with Gasteiger partial charge in [-0.05, 0) is 43.4 Å². The predicted molar refractivity (Wildman–Crippen MR) is 118 cm³/mol. The van der Waals surface area contributed by atoms with Crippen molar-refractivity contribution in [3.63, 3.8) is 0 Å². The summed E-state index contributed by atoms with van der Waals surface area (Å²) in [7, 11) is 3.22. The van der Waals surface area contributed by atoms with E-state index in [1.807, 2.05) is 24.3 Å². The van der Waals surface area contributed by atoms with Crippen LogP contribution in [0.5, 0.6) is 0 Å². The van der Waals surface area contributed by atoms with Gasteiger partial charge < -0.3 is 20.3 Å². The first-order chi connectivity index (χ1) is 14.6. The molecule has 1 saturated heterocycles. The second-order valence-corrected chi connectivity index (χ2v) is 8.21. The third-order valence-electron chi connectivity index (χ3n) is 6.16. The van der Waals surface area contributed by atoms with E-state index in [0.29, 0.717) is 6.54 Å². The molecular formula is C23H34N4O3. The van der Waals surface area contributed by atoms with Crippen molar-refractivity contribution in [3.8, 4) is 0 Å². The lowest BCUT2D eigenvalue weighted by Crippen LogP contribution is -2.46. The zero-order valence-corrected chi connectivity index (χ0v) is 18.2. The lowest BCUT2D eigenvalue weighted by Gasteiger charge is -2.33. The number of rotatable bonds is 5. The number of guanidine groups is 1. The molecule has 30 heavy (non-hydrogen) atoms. The van der Waals surface area contributed by atoms with Gasteiger partial charge in [0, 0.05) is 38.3 Å². The van der Waals surface area contributed by atoms with Gasteiger partial charge >= 0.3 is 5.97 Å². The molecule has 0 radical (unpaired) electrons. The Bertz CT molecular complexity index is 751. The highest BCUT2D eigenvalue weighted by atomic mass is 16.5. The molecule has 1 amide bonds. The first kappa shape index (κ1) is 22.1. The second-order valence-electron chi connectivity index (χ2n) is 8.21. The summed E-state index contributed by atoms with van der Waals surface area (Å²) >= 11 is 0. The number of piperidine rings is 1. The molecule has 0 atom stereocenters. The summed E-state index contributed by atoms with van der Waals surface area (Å²) in [6, 6.07) is 7.97. The van der Waals surface area contributed by atoms with Crippen LogP contribution in [0.1, 0.15) is 50.5 Å². The van der Waals surface area contributed by atoms with E-state index in [4.69, 9.17) is 4.74 Å². The molecule has 164 valence electrons. The molecule has 0 aromatic heterocycles. The largest absolute Gasteiger partial charge is 0.469 e. The average Bonchev–Trinajstić information content (AvgIpc) is 2.80. The number of likely N-dealkylation sites (tertiary alicyclic amines) is 1. The minimum Gasteiger partial charge on any atom is -0.469 e. The maximum absolute atomic E-state index is 12.5. The molecule has 2 N–H and O–H groups in total. The maximum atomic E-state index is 12.5. The fourth-order valence-electron chi connectivity index (χ4n) is 4.38. The van der Waals surface area contributed by atoms with Gasteiger partial charge in [-0.1, -0.05) is 31.4 Å². The summed E-state index contributed by atoms with van der Waals surface area (Å²) in [5.74, 6) is 0.977. The van der Waals surface area contributed by atoms with Gasteiger partial charge in [0.15, 0.2) is 5.96 Å². The van der Waals surface area contributed by atoms with Crippen LogP contribution < -0.4 is 10.6 Å². The Kier molecular flexibility index (Phi) is 8.11. The fraction of sp³-hybridized carbons (Fsp3) is 0.609. The third kappa shape index (κ3) is 5.97. The van der Waals surface area contributed by atoms with Crippen molar-refractivity contribution in [3.05, 3.63) is 29.8 Å². The minimum absolute atomic E-state index is 0.0196. The van der Waals surface area contributed by atoms with Crippen LogP contribution >= 0.6 is 0 Å². The van der Waals surface area contributed by atoms with Gasteiger partial charge in [0.2, 0.25) is 5.91 Å². The van der Waals surface area contributed by atoms with Crippen molar-refractivity contribution in [2.45, 2.75) is 51.5 Å². The molecule has 2 aliphatic rings. The number of nitrogens with one attached hydrogen (secondary N) is 2. The number of hydrogen-bond donors (Lipinski definition) is 2. The molecule has 1 aliphatic heterocycles. The van der Waals surface area contributed by atoms with Crippen LogP contribution in [0.25, 0.3) is 0 Å². The summed E-state index contributed by atoms with van der Waals surface area (Å²) in [6.45, 7) is 2.17. The minimum atomic E-state index is -0.121. The van der Waals surface area contributed by atoms with Crippen LogP contribution in [0, 0.1) is 11.8 Å². The zero-order valence-electron chi connectivity index (χ0n) is 18.2. The summed E-state index contributed by atoms with van der Waals surface area (Å²) in [5.41, 5.74) is 1.93. The molecule has 0 bridgehead atoms. The van der Waals surface area contributed by atoms with Crippen LogP contribution in [-0.2, 0) is 20.9 Å². The number of amides is 1. The van der Waals surface area contributed by atoms with E-state index >= 15 is 0 Å². The summed E-state index contributed by atoms with van der Waals surface area (Å²) in [5, 5.41) is 6.49. The second kappa shape index (κ2) is 11.0. The molecule has 7 nitrogen and oxygen atoms in total. The average molecular weight is 415 g/mol. The molecule has 1 aliphatic carbocycles. The molecule has 1 heterocycles. The van der Waals surface area contributed by atoms with Gasteiger partial charge in [0.25, 0.3) is 0 Å². The Hall–Kier alpha value is -2.57. The molecule has 7 heteroatoms. The van der Waals surface area contributed by atoms with Crippen LogP contribution in [0.15, 0.2) is 29.3 Å². The van der Waals surface area contributed by atoms with E-state index in [1.165, 1.54) is 13.5 Å². The van der Waals surface area contributed by atoms with Crippen LogP contribution in [0.3, 0.4) is 0 Å². The summed E-state index contributed by atoms with van der Waals surface area (Å²) in [4.78, 5) is 30.8. The SMILES string of the molecule is CN=C(NCc1cccc(NC(=O)C2CCCCC2)c1)N1CCC(C(=O)OC)CC1. The topological polar surface area (TPSA) is 83.0 Å². The number of esters is 1. The summed E-state index contributed by atoms with van der Waals surface area (Å²) < 4.78 is 4.86. The van der Waals surface area contributed by atoms with Gasteiger partial charge in [-0.25, -0.2) is 0 Å². The lowest BCUT2D eigenvalue weighted by atomic mass is 9.88. The molecule has 1 saturated carbocycles. The Morgan fingerprint density at radius 3 is 2.50 bits per heavy atom. The summed E-state index contributed by atoms with van der Waals surface area (Å²) in [6.07, 6.45) is 7.08. The van der Waals surface area contributed by atoms with Crippen molar-refractivity contribution >= 4 is 23.5 Å². The third-order valence-corrected chi connectivity index (χ3v) is 6.16. The van der Waals surface area contributed by atoms with Crippen molar-refractivity contribution in [2.75, 3.05) is 32.6 Å².